The van der Waals surface area contributed by atoms with Crippen LogP contribution in [0, 0.1) is 11.6 Å². The van der Waals surface area contributed by atoms with Crippen molar-refractivity contribution < 1.29 is 13.6 Å². The maximum Gasteiger partial charge on any atom is 0.263 e. The number of aromatic nitrogens is 2. The van der Waals surface area contributed by atoms with Gasteiger partial charge in [0.05, 0.1) is 10.6 Å². The Morgan fingerprint density at radius 1 is 1.16 bits per heavy atom. The predicted octanol–water partition coefficient (Wildman–Crippen LogP) is 4.22. The first-order valence-corrected chi connectivity index (χ1v) is 8.63. The zero-order valence-electron chi connectivity index (χ0n) is 13.1. The van der Waals surface area contributed by atoms with Crippen LogP contribution in [-0.4, -0.2) is 15.9 Å². The summed E-state index contributed by atoms with van der Waals surface area (Å²) in [5, 5.41) is 2.86. The molecule has 0 fully saturated rings. The van der Waals surface area contributed by atoms with E-state index in [9.17, 15) is 13.6 Å². The largest absolute Gasteiger partial charge is 0.298 e. The summed E-state index contributed by atoms with van der Waals surface area (Å²) in [7, 11) is 0. The number of benzene rings is 1. The third kappa shape index (κ3) is 2.91. The number of nitrogens with one attached hydrogen (secondary N) is 1. The summed E-state index contributed by atoms with van der Waals surface area (Å²) in [5.41, 5.74) is 2.48. The molecule has 0 unspecified atom stereocenters. The van der Waals surface area contributed by atoms with Gasteiger partial charge in [0.15, 0.2) is 5.13 Å². The molecule has 1 N–H and O–H groups in total. The first kappa shape index (κ1) is 15.8. The van der Waals surface area contributed by atoms with Crippen molar-refractivity contribution in [1.29, 1.82) is 0 Å². The van der Waals surface area contributed by atoms with Gasteiger partial charge in [-0.15, -0.1) is 0 Å². The summed E-state index contributed by atoms with van der Waals surface area (Å²) < 4.78 is 27.5. The number of rotatable bonds is 2. The summed E-state index contributed by atoms with van der Waals surface area (Å²) in [6.07, 6.45) is 6.21. The lowest BCUT2D eigenvalue weighted by Gasteiger charge is -2.05. The normalized spacial score (nSPS) is 12.9. The summed E-state index contributed by atoms with van der Waals surface area (Å²) in [6.45, 7) is 0. The van der Waals surface area contributed by atoms with Crippen molar-refractivity contribution >= 4 is 22.4 Å². The Morgan fingerprint density at radius 3 is 2.76 bits per heavy atom. The van der Waals surface area contributed by atoms with Crippen LogP contribution in [0.25, 0.3) is 10.4 Å². The van der Waals surface area contributed by atoms with Crippen molar-refractivity contribution in [3.05, 3.63) is 65.1 Å². The Bertz CT molecular complexity index is 950. The van der Waals surface area contributed by atoms with Crippen LogP contribution in [0.4, 0.5) is 13.9 Å². The molecule has 7 heteroatoms. The fourth-order valence-electron chi connectivity index (χ4n) is 2.95. The molecule has 0 radical (unpaired) electrons. The van der Waals surface area contributed by atoms with Gasteiger partial charge in [-0.1, -0.05) is 17.4 Å². The number of carbonyl (C=O) groups is 1. The van der Waals surface area contributed by atoms with Gasteiger partial charge in [0.25, 0.3) is 5.91 Å². The van der Waals surface area contributed by atoms with E-state index in [4.69, 9.17) is 0 Å². The zero-order valence-corrected chi connectivity index (χ0v) is 13.9. The number of carbonyl (C=O) groups excluding carboxylic acids is 1. The lowest BCUT2D eigenvalue weighted by Crippen LogP contribution is -2.15. The Balaban J connectivity index is 1.68. The minimum atomic E-state index is -0.896. The highest BCUT2D eigenvalue weighted by atomic mass is 32.1. The SMILES string of the molecule is O=C(Nc1nc2c(s1)-c1ccncc1CCC2)c1c(F)cccc1F. The number of nitrogens with zero attached hydrogens (tertiary/aromatic N) is 2. The van der Waals surface area contributed by atoms with E-state index in [2.05, 4.69) is 15.3 Å². The van der Waals surface area contributed by atoms with Gasteiger partial charge in [-0.2, -0.15) is 0 Å². The van der Waals surface area contributed by atoms with Gasteiger partial charge in [0, 0.05) is 12.4 Å². The topological polar surface area (TPSA) is 54.9 Å². The Labute approximate surface area is 146 Å². The number of thiazole rings is 1. The highest BCUT2D eigenvalue weighted by Crippen LogP contribution is 2.38. The van der Waals surface area contributed by atoms with Crippen molar-refractivity contribution in [2.45, 2.75) is 19.3 Å². The molecular formula is C18H13F2N3OS. The van der Waals surface area contributed by atoms with E-state index in [1.807, 2.05) is 12.3 Å². The fourth-order valence-corrected chi connectivity index (χ4v) is 4.02. The molecule has 1 amide bonds. The van der Waals surface area contributed by atoms with Gasteiger partial charge in [-0.3, -0.25) is 15.1 Å². The van der Waals surface area contributed by atoms with Crippen LogP contribution in [0.1, 0.15) is 28.0 Å². The van der Waals surface area contributed by atoms with Crippen LogP contribution >= 0.6 is 11.3 Å². The number of hydrogen-bond donors (Lipinski definition) is 1. The molecule has 4 rings (SSSR count). The second kappa shape index (κ2) is 6.33. The monoisotopic (exact) mass is 357 g/mol. The average molecular weight is 357 g/mol. The molecular weight excluding hydrogens is 344 g/mol. The maximum absolute atomic E-state index is 13.8. The molecule has 0 aliphatic heterocycles. The molecule has 4 nitrogen and oxygen atoms in total. The van der Waals surface area contributed by atoms with Gasteiger partial charge in [0.2, 0.25) is 0 Å². The molecule has 0 bridgehead atoms. The van der Waals surface area contributed by atoms with Crippen molar-refractivity contribution in [3.8, 4) is 10.4 Å². The standard InChI is InChI=1S/C18H13F2N3OS/c19-12-4-2-5-13(20)15(12)17(24)23-18-22-14-6-1-3-10-9-21-8-7-11(10)16(14)25-18/h2,4-5,7-9H,1,3,6H2,(H,22,23,24). The number of anilines is 1. The number of hydrogen-bond acceptors (Lipinski definition) is 4. The first-order chi connectivity index (χ1) is 12.1. The number of pyridine rings is 1. The van der Waals surface area contributed by atoms with Crippen LogP contribution < -0.4 is 5.32 Å². The quantitative estimate of drug-likeness (QED) is 0.747. The van der Waals surface area contributed by atoms with Crippen molar-refractivity contribution in [3.63, 3.8) is 0 Å². The van der Waals surface area contributed by atoms with Gasteiger partial charge in [-0.05, 0) is 48.6 Å². The molecule has 0 spiro atoms. The lowest BCUT2D eigenvalue weighted by molar-refractivity contribution is 0.101. The summed E-state index contributed by atoms with van der Waals surface area (Å²) in [4.78, 5) is 21.8. The molecule has 25 heavy (non-hydrogen) atoms. The molecule has 0 atom stereocenters. The van der Waals surface area contributed by atoms with E-state index < -0.39 is 23.1 Å². The predicted molar refractivity (Wildman–Crippen MR) is 91.7 cm³/mol. The Hall–Kier alpha value is -2.67. The smallest absolute Gasteiger partial charge is 0.263 e. The highest BCUT2D eigenvalue weighted by Gasteiger charge is 2.22. The minimum Gasteiger partial charge on any atom is -0.298 e. The van der Waals surface area contributed by atoms with Crippen molar-refractivity contribution in [1.82, 2.24) is 9.97 Å². The van der Waals surface area contributed by atoms with Crippen molar-refractivity contribution in [2.24, 2.45) is 0 Å². The van der Waals surface area contributed by atoms with Gasteiger partial charge < -0.3 is 0 Å². The highest BCUT2D eigenvalue weighted by molar-refractivity contribution is 7.19. The third-order valence-corrected chi connectivity index (χ3v) is 5.16. The van der Waals surface area contributed by atoms with E-state index in [0.717, 1.165) is 53.1 Å². The van der Waals surface area contributed by atoms with Crippen LogP contribution in [0.15, 0.2) is 36.7 Å². The average Bonchev–Trinajstić information content (AvgIpc) is 2.89. The molecule has 1 aromatic carbocycles. The maximum atomic E-state index is 13.8. The number of aryl methyl sites for hydroxylation is 2. The summed E-state index contributed by atoms with van der Waals surface area (Å²) >= 11 is 1.31. The van der Waals surface area contributed by atoms with E-state index in [1.54, 1.807) is 6.20 Å². The van der Waals surface area contributed by atoms with Crippen LogP contribution in [0.2, 0.25) is 0 Å². The minimum absolute atomic E-state index is 0.335. The van der Waals surface area contributed by atoms with E-state index in [0.29, 0.717) is 5.13 Å². The third-order valence-electron chi connectivity index (χ3n) is 4.12. The number of halogens is 2. The second-order valence-electron chi connectivity index (χ2n) is 5.73. The molecule has 2 aromatic heterocycles. The van der Waals surface area contributed by atoms with Crippen LogP contribution in [-0.2, 0) is 12.8 Å². The molecule has 126 valence electrons. The molecule has 2 heterocycles. The lowest BCUT2D eigenvalue weighted by atomic mass is 10.1. The van der Waals surface area contributed by atoms with E-state index in [-0.39, 0.29) is 0 Å². The summed E-state index contributed by atoms with van der Waals surface area (Å²) in [6, 6.07) is 5.26. The van der Waals surface area contributed by atoms with E-state index >= 15 is 0 Å². The Kier molecular flexibility index (Phi) is 4.01. The fraction of sp³-hybridized carbons (Fsp3) is 0.167. The molecule has 0 saturated carbocycles. The van der Waals surface area contributed by atoms with Gasteiger partial charge in [-0.25, -0.2) is 13.8 Å². The number of amides is 1. The second-order valence-corrected chi connectivity index (χ2v) is 6.73. The molecule has 1 aliphatic carbocycles. The van der Waals surface area contributed by atoms with E-state index in [1.165, 1.54) is 17.4 Å². The Morgan fingerprint density at radius 2 is 1.96 bits per heavy atom. The summed E-state index contributed by atoms with van der Waals surface area (Å²) in [5.74, 6) is -2.63. The zero-order chi connectivity index (χ0) is 17.4. The van der Waals surface area contributed by atoms with Crippen LogP contribution in [0.3, 0.4) is 0 Å². The first-order valence-electron chi connectivity index (χ1n) is 7.82. The molecule has 3 aromatic rings. The van der Waals surface area contributed by atoms with Gasteiger partial charge in [0.1, 0.15) is 17.2 Å². The molecule has 1 aliphatic rings. The number of fused-ring (bicyclic) bond motifs is 3. The molecule has 0 saturated heterocycles. The van der Waals surface area contributed by atoms with Crippen LogP contribution in [0.5, 0.6) is 0 Å². The van der Waals surface area contributed by atoms with Gasteiger partial charge >= 0.3 is 0 Å². The van der Waals surface area contributed by atoms with Crippen molar-refractivity contribution in [2.75, 3.05) is 5.32 Å².